The summed E-state index contributed by atoms with van der Waals surface area (Å²) in [5, 5.41) is 9.22. The molecule has 17 heavy (non-hydrogen) atoms. The number of pyridine rings is 1. The van der Waals surface area contributed by atoms with Crippen molar-refractivity contribution in [2.75, 3.05) is 0 Å². The van der Waals surface area contributed by atoms with Crippen molar-refractivity contribution in [1.82, 2.24) is 9.88 Å². The van der Waals surface area contributed by atoms with Crippen molar-refractivity contribution in [1.29, 1.82) is 5.26 Å². The molecule has 0 aromatic carbocycles. The van der Waals surface area contributed by atoms with E-state index in [0.717, 1.165) is 17.7 Å². The van der Waals surface area contributed by atoms with Crippen LogP contribution in [0.1, 0.15) is 37.1 Å². The van der Waals surface area contributed by atoms with Crippen LogP contribution >= 0.6 is 0 Å². The molecule has 4 heteroatoms. The van der Waals surface area contributed by atoms with Crippen molar-refractivity contribution in [3.8, 4) is 6.07 Å². The fourth-order valence-corrected chi connectivity index (χ4v) is 1.89. The Kier molecular flexibility index (Phi) is 3.20. The van der Waals surface area contributed by atoms with Crippen LogP contribution < -0.4 is 0 Å². The molecular formula is C13H13N3O. The highest BCUT2D eigenvalue weighted by atomic mass is 16.2. The van der Waals surface area contributed by atoms with E-state index >= 15 is 0 Å². The molecule has 1 aliphatic heterocycles. The van der Waals surface area contributed by atoms with Gasteiger partial charge in [-0.3, -0.25) is 14.7 Å². The van der Waals surface area contributed by atoms with Gasteiger partial charge in [-0.1, -0.05) is 13.0 Å². The molecule has 1 amide bonds. The molecule has 0 N–H and O–H groups in total. The summed E-state index contributed by atoms with van der Waals surface area (Å²) in [4.78, 5) is 17.6. The van der Waals surface area contributed by atoms with Crippen molar-refractivity contribution in [3.05, 3.63) is 35.8 Å². The fourth-order valence-electron chi connectivity index (χ4n) is 1.89. The first-order chi connectivity index (χ1) is 8.27. The molecule has 0 saturated heterocycles. The number of amides is 1. The summed E-state index contributed by atoms with van der Waals surface area (Å²) < 4.78 is 0. The summed E-state index contributed by atoms with van der Waals surface area (Å²) >= 11 is 0. The minimum absolute atomic E-state index is 0.0233. The number of aromatic nitrogens is 1. The van der Waals surface area contributed by atoms with Gasteiger partial charge in [-0.2, -0.15) is 5.26 Å². The van der Waals surface area contributed by atoms with Gasteiger partial charge in [0.25, 0.3) is 0 Å². The second-order valence-electron chi connectivity index (χ2n) is 3.88. The van der Waals surface area contributed by atoms with Gasteiger partial charge in [0.15, 0.2) is 6.04 Å². The summed E-state index contributed by atoms with van der Waals surface area (Å²) in [5.74, 6) is -0.0233. The predicted octanol–water partition coefficient (Wildman–Crippen LogP) is 2.26. The molecule has 0 bridgehead atoms. The van der Waals surface area contributed by atoms with Crippen molar-refractivity contribution in [2.24, 2.45) is 0 Å². The van der Waals surface area contributed by atoms with Gasteiger partial charge in [-0.15, -0.1) is 0 Å². The van der Waals surface area contributed by atoms with Gasteiger partial charge in [0, 0.05) is 24.4 Å². The first-order valence-corrected chi connectivity index (χ1v) is 5.61. The van der Waals surface area contributed by atoms with Crippen molar-refractivity contribution in [3.63, 3.8) is 0 Å². The van der Waals surface area contributed by atoms with Gasteiger partial charge in [-0.05, 0) is 18.6 Å². The number of carbonyl (C=O) groups excluding carboxylic acids is 1. The minimum atomic E-state index is -0.553. The SMILES string of the molecule is CCCC(=O)N1C=Cc2ncccc2C1C#N. The Balaban J connectivity index is 2.36. The summed E-state index contributed by atoms with van der Waals surface area (Å²) in [6.45, 7) is 1.95. The van der Waals surface area contributed by atoms with Crippen LogP contribution in [-0.4, -0.2) is 15.8 Å². The molecular weight excluding hydrogens is 214 g/mol. The third-order valence-electron chi connectivity index (χ3n) is 2.71. The zero-order chi connectivity index (χ0) is 12.3. The smallest absolute Gasteiger partial charge is 0.227 e. The summed E-state index contributed by atoms with van der Waals surface area (Å²) in [6, 6.07) is 5.23. The van der Waals surface area contributed by atoms with Gasteiger partial charge in [0.05, 0.1) is 11.8 Å². The molecule has 0 radical (unpaired) electrons. The quantitative estimate of drug-likeness (QED) is 0.778. The van der Waals surface area contributed by atoms with E-state index in [9.17, 15) is 10.1 Å². The molecule has 1 atom stereocenters. The van der Waals surface area contributed by atoms with Crippen molar-refractivity contribution in [2.45, 2.75) is 25.8 Å². The average Bonchev–Trinajstić information content (AvgIpc) is 2.37. The van der Waals surface area contributed by atoms with E-state index in [-0.39, 0.29) is 5.91 Å². The van der Waals surface area contributed by atoms with Gasteiger partial charge < -0.3 is 0 Å². The first kappa shape index (κ1) is 11.3. The van der Waals surface area contributed by atoms with E-state index in [1.165, 1.54) is 4.90 Å². The topological polar surface area (TPSA) is 57.0 Å². The zero-order valence-corrected chi connectivity index (χ0v) is 9.63. The highest BCUT2D eigenvalue weighted by Crippen LogP contribution is 2.28. The van der Waals surface area contributed by atoms with Gasteiger partial charge in [0.2, 0.25) is 5.91 Å². The Morgan fingerprint density at radius 3 is 3.18 bits per heavy atom. The monoisotopic (exact) mass is 227 g/mol. The molecule has 1 aromatic heterocycles. The molecule has 1 aliphatic rings. The van der Waals surface area contributed by atoms with Crippen LogP contribution in [0.5, 0.6) is 0 Å². The number of nitriles is 1. The summed E-state index contributed by atoms with van der Waals surface area (Å²) in [7, 11) is 0. The van der Waals surface area contributed by atoms with Crippen LogP contribution in [0, 0.1) is 11.3 Å². The van der Waals surface area contributed by atoms with Crippen LogP contribution in [0.15, 0.2) is 24.5 Å². The van der Waals surface area contributed by atoms with Gasteiger partial charge in [0.1, 0.15) is 0 Å². The molecule has 86 valence electrons. The highest BCUT2D eigenvalue weighted by Gasteiger charge is 2.27. The Morgan fingerprint density at radius 1 is 1.65 bits per heavy atom. The first-order valence-electron chi connectivity index (χ1n) is 5.61. The van der Waals surface area contributed by atoms with Crippen molar-refractivity contribution < 1.29 is 4.79 Å². The number of fused-ring (bicyclic) bond motifs is 1. The maximum Gasteiger partial charge on any atom is 0.227 e. The average molecular weight is 227 g/mol. The molecule has 2 rings (SSSR count). The summed E-state index contributed by atoms with van der Waals surface area (Å²) in [5.41, 5.74) is 1.56. The number of hydrogen-bond donors (Lipinski definition) is 0. The van der Waals surface area contributed by atoms with Crippen LogP contribution in [0.3, 0.4) is 0 Å². The maximum atomic E-state index is 11.9. The maximum absolute atomic E-state index is 11.9. The van der Waals surface area contributed by atoms with E-state index in [1.54, 1.807) is 24.5 Å². The van der Waals surface area contributed by atoms with E-state index in [1.807, 2.05) is 13.0 Å². The van der Waals surface area contributed by atoms with Crippen molar-refractivity contribution >= 4 is 12.0 Å². The van der Waals surface area contributed by atoms with Crippen LogP contribution in [0.25, 0.3) is 6.08 Å². The standard InChI is InChI=1S/C13H13N3O/c1-2-4-13(17)16-8-6-11-10(12(16)9-14)5-3-7-15-11/h3,5-8,12H,2,4H2,1H3. The van der Waals surface area contributed by atoms with Crippen LogP contribution in [0.2, 0.25) is 0 Å². The Hall–Kier alpha value is -2.15. The predicted molar refractivity (Wildman–Crippen MR) is 63.4 cm³/mol. The lowest BCUT2D eigenvalue weighted by atomic mass is 10.0. The second kappa shape index (κ2) is 4.79. The third kappa shape index (κ3) is 2.04. The Labute approximate surface area is 100 Å². The minimum Gasteiger partial charge on any atom is -0.298 e. The molecule has 0 spiro atoms. The largest absolute Gasteiger partial charge is 0.298 e. The lowest BCUT2D eigenvalue weighted by Gasteiger charge is -2.27. The lowest BCUT2D eigenvalue weighted by molar-refractivity contribution is -0.129. The van der Waals surface area contributed by atoms with E-state index < -0.39 is 6.04 Å². The molecule has 0 aliphatic carbocycles. The number of rotatable bonds is 2. The lowest BCUT2D eigenvalue weighted by Crippen LogP contribution is -2.31. The molecule has 4 nitrogen and oxygen atoms in total. The zero-order valence-electron chi connectivity index (χ0n) is 9.63. The third-order valence-corrected chi connectivity index (χ3v) is 2.71. The molecule has 2 heterocycles. The van der Waals surface area contributed by atoms with Crippen LogP contribution in [-0.2, 0) is 4.79 Å². The number of carbonyl (C=O) groups is 1. The second-order valence-corrected chi connectivity index (χ2v) is 3.88. The molecule has 0 fully saturated rings. The highest BCUT2D eigenvalue weighted by molar-refractivity contribution is 5.80. The summed E-state index contributed by atoms with van der Waals surface area (Å²) in [6.07, 6.45) is 6.35. The molecule has 1 unspecified atom stereocenters. The number of nitrogens with zero attached hydrogens (tertiary/aromatic N) is 3. The Morgan fingerprint density at radius 2 is 2.47 bits per heavy atom. The molecule has 1 aromatic rings. The van der Waals surface area contributed by atoms with Gasteiger partial charge >= 0.3 is 0 Å². The van der Waals surface area contributed by atoms with E-state index in [4.69, 9.17) is 0 Å². The van der Waals surface area contributed by atoms with E-state index in [0.29, 0.717) is 6.42 Å². The van der Waals surface area contributed by atoms with E-state index in [2.05, 4.69) is 11.1 Å². The Bertz CT molecular complexity index is 502. The molecule has 0 saturated carbocycles. The number of hydrogen-bond acceptors (Lipinski definition) is 3. The normalized spacial score (nSPS) is 17.4. The van der Waals surface area contributed by atoms with Gasteiger partial charge in [-0.25, -0.2) is 0 Å². The van der Waals surface area contributed by atoms with Crippen LogP contribution in [0.4, 0.5) is 0 Å². The fraction of sp³-hybridized carbons (Fsp3) is 0.308.